The lowest BCUT2D eigenvalue weighted by atomic mass is 10.0. The molecule has 0 bridgehead atoms. The number of methoxy groups -OCH3 is 1. The molecular weight excluding hydrogens is 252 g/mol. The largest absolute Gasteiger partial charge is 0.497 e. The standard InChI is InChI=1S/C16H24N2O2/c1-13-5-3-4-10-18(13)12-16(19)17-11-14-6-8-15(20-2)9-7-14/h6-9,13H,3-5,10-12H2,1-2H3,(H,17,19)/p+1/t13-/m1/s1. The Kier molecular flexibility index (Phi) is 5.41. The van der Waals surface area contributed by atoms with Crippen LogP contribution in [-0.2, 0) is 11.3 Å². The van der Waals surface area contributed by atoms with Gasteiger partial charge in [0.1, 0.15) is 5.75 Å². The molecule has 0 spiro atoms. The van der Waals surface area contributed by atoms with Crippen molar-refractivity contribution in [2.75, 3.05) is 20.2 Å². The molecule has 0 radical (unpaired) electrons. The van der Waals surface area contributed by atoms with Crippen LogP contribution in [0, 0.1) is 0 Å². The quantitative estimate of drug-likeness (QED) is 0.835. The van der Waals surface area contributed by atoms with E-state index < -0.39 is 0 Å². The van der Waals surface area contributed by atoms with Crippen molar-refractivity contribution < 1.29 is 14.4 Å². The van der Waals surface area contributed by atoms with Crippen molar-refractivity contribution in [2.24, 2.45) is 0 Å². The fourth-order valence-corrected chi connectivity index (χ4v) is 2.73. The third-order valence-corrected chi connectivity index (χ3v) is 4.12. The molecule has 1 unspecified atom stereocenters. The summed E-state index contributed by atoms with van der Waals surface area (Å²) in [6.07, 6.45) is 3.78. The Hall–Kier alpha value is -1.55. The second-order valence-electron chi connectivity index (χ2n) is 5.61. The number of carbonyl (C=O) groups excluding carboxylic acids is 1. The molecule has 1 fully saturated rings. The summed E-state index contributed by atoms with van der Waals surface area (Å²) in [4.78, 5) is 13.4. The number of nitrogens with one attached hydrogen (secondary N) is 2. The number of quaternary nitrogens is 1. The number of likely N-dealkylation sites (tertiary alicyclic amines) is 1. The average molecular weight is 277 g/mol. The maximum atomic E-state index is 12.0. The van der Waals surface area contributed by atoms with Crippen molar-refractivity contribution in [3.63, 3.8) is 0 Å². The van der Waals surface area contributed by atoms with E-state index in [1.54, 1.807) is 7.11 Å². The molecule has 1 aromatic rings. The van der Waals surface area contributed by atoms with E-state index in [1.807, 2.05) is 24.3 Å². The molecule has 1 amide bonds. The van der Waals surface area contributed by atoms with E-state index in [9.17, 15) is 4.79 Å². The van der Waals surface area contributed by atoms with Gasteiger partial charge in [0.15, 0.2) is 6.54 Å². The van der Waals surface area contributed by atoms with Gasteiger partial charge in [0.25, 0.3) is 5.91 Å². The van der Waals surface area contributed by atoms with Gasteiger partial charge in [-0.3, -0.25) is 4.79 Å². The van der Waals surface area contributed by atoms with Crippen LogP contribution in [0.25, 0.3) is 0 Å². The lowest BCUT2D eigenvalue weighted by Gasteiger charge is -2.29. The van der Waals surface area contributed by atoms with Crippen LogP contribution in [0.1, 0.15) is 31.7 Å². The van der Waals surface area contributed by atoms with Gasteiger partial charge in [-0.15, -0.1) is 0 Å². The van der Waals surface area contributed by atoms with Gasteiger partial charge in [-0.25, -0.2) is 0 Å². The highest BCUT2D eigenvalue weighted by molar-refractivity contribution is 5.76. The average Bonchev–Trinajstić information content (AvgIpc) is 2.48. The number of hydrogen-bond donors (Lipinski definition) is 2. The van der Waals surface area contributed by atoms with Crippen molar-refractivity contribution in [1.82, 2.24) is 5.32 Å². The van der Waals surface area contributed by atoms with E-state index in [1.165, 1.54) is 24.2 Å². The van der Waals surface area contributed by atoms with Gasteiger partial charge in [-0.05, 0) is 43.9 Å². The second-order valence-corrected chi connectivity index (χ2v) is 5.61. The maximum absolute atomic E-state index is 12.0. The summed E-state index contributed by atoms with van der Waals surface area (Å²) in [6, 6.07) is 8.40. The summed E-state index contributed by atoms with van der Waals surface area (Å²) in [5, 5.41) is 3.00. The number of benzene rings is 1. The number of carbonyl (C=O) groups is 1. The SMILES string of the molecule is COc1ccc(CNC(=O)C[NH+]2CCCC[C@H]2C)cc1. The van der Waals surface area contributed by atoms with E-state index in [4.69, 9.17) is 4.74 Å². The zero-order valence-corrected chi connectivity index (χ0v) is 12.4. The van der Waals surface area contributed by atoms with Crippen LogP contribution >= 0.6 is 0 Å². The molecule has 20 heavy (non-hydrogen) atoms. The first-order valence-electron chi connectivity index (χ1n) is 7.43. The Labute approximate surface area is 121 Å². The van der Waals surface area contributed by atoms with E-state index in [-0.39, 0.29) is 5.91 Å². The third kappa shape index (κ3) is 4.23. The molecule has 1 saturated heterocycles. The van der Waals surface area contributed by atoms with Gasteiger partial charge in [-0.2, -0.15) is 0 Å². The smallest absolute Gasteiger partial charge is 0.275 e. The number of hydrogen-bond acceptors (Lipinski definition) is 2. The lowest BCUT2D eigenvalue weighted by molar-refractivity contribution is -0.921. The summed E-state index contributed by atoms with van der Waals surface area (Å²) in [7, 11) is 1.65. The first-order chi connectivity index (χ1) is 9.69. The molecule has 1 aliphatic heterocycles. The highest BCUT2D eigenvalue weighted by atomic mass is 16.5. The number of rotatable bonds is 5. The molecular formula is C16H25N2O2+. The van der Waals surface area contributed by atoms with Gasteiger partial charge in [0, 0.05) is 6.54 Å². The topological polar surface area (TPSA) is 42.8 Å². The van der Waals surface area contributed by atoms with Crippen molar-refractivity contribution in [1.29, 1.82) is 0 Å². The highest BCUT2D eigenvalue weighted by Crippen LogP contribution is 2.10. The molecule has 4 heteroatoms. The number of piperidine rings is 1. The number of amides is 1. The van der Waals surface area contributed by atoms with Crippen molar-refractivity contribution >= 4 is 5.91 Å². The highest BCUT2D eigenvalue weighted by Gasteiger charge is 2.23. The summed E-state index contributed by atoms with van der Waals surface area (Å²) in [5.74, 6) is 0.983. The van der Waals surface area contributed by atoms with Gasteiger partial charge in [0.05, 0.1) is 19.7 Å². The third-order valence-electron chi connectivity index (χ3n) is 4.12. The molecule has 2 N–H and O–H groups in total. The van der Waals surface area contributed by atoms with Gasteiger partial charge < -0.3 is 15.0 Å². The zero-order chi connectivity index (χ0) is 14.4. The molecule has 1 heterocycles. The Morgan fingerprint density at radius 2 is 2.10 bits per heavy atom. The Morgan fingerprint density at radius 3 is 2.75 bits per heavy atom. The maximum Gasteiger partial charge on any atom is 0.275 e. The summed E-state index contributed by atoms with van der Waals surface area (Å²) in [5.41, 5.74) is 1.10. The molecule has 0 aliphatic carbocycles. The monoisotopic (exact) mass is 277 g/mol. The summed E-state index contributed by atoms with van der Waals surface area (Å²) in [6.45, 7) is 4.55. The van der Waals surface area contributed by atoms with E-state index in [2.05, 4.69) is 12.2 Å². The minimum absolute atomic E-state index is 0.143. The van der Waals surface area contributed by atoms with Gasteiger partial charge in [0.2, 0.25) is 0 Å². The first kappa shape index (κ1) is 14.9. The fraction of sp³-hybridized carbons (Fsp3) is 0.562. The molecule has 1 aliphatic rings. The molecule has 2 atom stereocenters. The van der Waals surface area contributed by atoms with Crippen LogP contribution in [0.2, 0.25) is 0 Å². The minimum atomic E-state index is 0.143. The normalized spacial score (nSPS) is 22.3. The van der Waals surface area contributed by atoms with Crippen LogP contribution in [0.3, 0.4) is 0 Å². The molecule has 4 nitrogen and oxygen atoms in total. The summed E-state index contributed by atoms with van der Waals surface area (Å²) >= 11 is 0. The van der Waals surface area contributed by atoms with Crippen LogP contribution < -0.4 is 15.0 Å². The van der Waals surface area contributed by atoms with Crippen molar-refractivity contribution in [2.45, 2.75) is 38.8 Å². The Bertz CT molecular complexity index is 431. The van der Waals surface area contributed by atoms with E-state index in [0.29, 0.717) is 19.1 Å². The fourth-order valence-electron chi connectivity index (χ4n) is 2.73. The van der Waals surface area contributed by atoms with Crippen LogP contribution in [0.15, 0.2) is 24.3 Å². The predicted molar refractivity (Wildman–Crippen MR) is 78.9 cm³/mol. The van der Waals surface area contributed by atoms with Crippen molar-refractivity contribution in [3.8, 4) is 5.75 Å². The lowest BCUT2D eigenvalue weighted by Crippen LogP contribution is -3.17. The Morgan fingerprint density at radius 1 is 1.35 bits per heavy atom. The number of ether oxygens (including phenoxy) is 1. The zero-order valence-electron chi connectivity index (χ0n) is 12.4. The predicted octanol–water partition coefficient (Wildman–Crippen LogP) is 0.769. The van der Waals surface area contributed by atoms with Crippen LogP contribution in [-0.4, -0.2) is 32.1 Å². The van der Waals surface area contributed by atoms with Crippen LogP contribution in [0.4, 0.5) is 0 Å². The summed E-state index contributed by atoms with van der Waals surface area (Å²) < 4.78 is 5.12. The molecule has 110 valence electrons. The van der Waals surface area contributed by atoms with E-state index in [0.717, 1.165) is 17.9 Å². The first-order valence-corrected chi connectivity index (χ1v) is 7.43. The van der Waals surface area contributed by atoms with Crippen LogP contribution in [0.5, 0.6) is 5.75 Å². The molecule has 2 rings (SSSR count). The second kappa shape index (κ2) is 7.29. The van der Waals surface area contributed by atoms with Gasteiger partial charge in [-0.1, -0.05) is 12.1 Å². The minimum Gasteiger partial charge on any atom is -0.497 e. The molecule has 0 saturated carbocycles. The van der Waals surface area contributed by atoms with Crippen molar-refractivity contribution in [3.05, 3.63) is 29.8 Å². The molecule has 1 aromatic carbocycles. The molecule has 0 aromatic heterocycles. The van der Waals surface area contributed by atoms with Gasteiger partial charge >= 0.3 is 0 Å². The Balaban J connectivity index is 1.76. The van der Waals surface area contributed by atoms with E-state index >= 15 is 0 Å².